The molecule has 136 valence electrons. The zero-order chi connectivity index (χ0) is 18.4. The number of aromatic nitrogens is 1. The van der Waals surface area contributed by atoms with Crippen LogP contribution in [0.2, 0.25) is 0 Å². The highest BCUT2D eigenvalue weighted by atomic mass is 16.6. The molecule has 6 nitrogen and oxygen atoms in total. The van der Waals surface area contributed by atoms with Gasteiger partial charge in [0.2, 0.25) is 0 Å². The summed E-state index contributed by atoms with van der Waals surface area (Å²) in [6.07, 6.45) is 4.42. The number of allylic oxidation sites excluding steroid dienone is 1. The number of amides is 1. The minimum absolute atomic E-state index is 0.146. The Labute approximate surface area is 148 Å². The van der Waals surface area contributed by atoms with Crippen LogP contribution < -0.4 is 0 Å². The smallest absolute Gasteiger partial charge is 0.410 e. The minimum Gasteiger partial charge on any atom is -0.466 e. The number of pyridine rings is 1. The van der Waals surface area contributed by atoms with E-state index in [0.717, 1.165) is 24.1 Å². The van der Waals surface area contributed by atoms with Gasteiger partial charge in [-0.2, -0.15) is 0 Å². The summed E-state index contributed by atoms with van der Waals surface area (Å²) in [5.41, 5.74) is 1.12. The van der Waals surface area contributed by atoms with E-state index in [1.807, 2.05) is 39.0 Å². The van der Waals surface area contributed by atoms with Gasteiger partial charge in [-0.05, 0) is 57.2 Å². The Morgan fingerprint density at radius 1 is 1.24 bits per heavy atom. The van der Waals surface area contributed by atoms with E-state index in [1.54, 1.807) is 11.1 Å². The van der Waals surface area contributed by atoms with Crippen molar-refractivity contribution in [3.05, 3.63) is 36.2 Å². The van der Waals surface area contributed by atoms with Gasteiger partial charge in [0.25, 0.3) is 0 Å². The number of ether oxygens (including phenoxy) is 2. The Bertz CT molecular complexity index is 627. The molecule has 1 amide bonds. The summed E-state index contributed by atoms with van der Waals surface area (Å²) in [7, 11) is 1.36. The summed E-state index contributed by atoms with van der Waals surface area (Å²) in [6.45, 7) is 6.75. The first-order chi connectivity index (χ1) is 11.8. The van der Waals surface area contributed by atoms with E-state index in [1.165, 1.54) is 13.2 Å². The molecule has 6 heteroatoms. The third kappa shape index (κ3) is 5.59. The van der Waals surface area contributed by atoms with Crippen LogP contribution in [-0.4, -0.2) is 47.7 Å². The molecule has 2 heterocycles. The summed E-state index contributed by atoms with van der Waals surface area (Å²) >= 11 is 0. The molecule has 0 saturated carbocycles. The molecule has 0 spiro atoms. The molecule has 0 aromatic carbocycles. The molecule has 0 N–H and O–H groups in total. The van der Waals surface area contributed by atoms with Crippen molar-refractivity contribution < 1.29 is 19.1 Å². The number of piperidine rings is 1. The van der Waals surface area contributed by atoms with Gasteiger partial charge in [-0.3, -0.25) is 4.98 Å². The van der Waals surface area contributed by atoms with E-state index in [4.69, 9.17) is 9.47 Å². The van der Waals surface area contributed by atoms with Gasteiger partial charge < -0.3 is 14.4 Å². The van der Waals surface area contributed by atoms with Crippen LogP contribution >= 0.6 is 0 Å². The van der Waals surface area contributed by atoms with Gasteiger partial charge in [0.15, 0.2) is 0 Å². The number of hydrogen-bond donors (Lipinski definition) is 0. The summed E-state index contributed by atoms with van der Waals surface area (Å²) in [5.74, 6) is -0.247. The number of carbonyl (C=O) groups is 2. The average Bonchev–Trinajstić information content (AvgIpc) is 2.59. The second-order valence-electron chi connectivity index (χ2n) is 7.08. The lowest BCUT2D eigenvalue weighted by Gasteiger charge is -2.34. The number of nitrogens with zero attached hydrogens (tertiary/aromatic N) is 2. The van der Waals surface area contributed by atoms with Gasteiger partial charge in [-0.25, -0.2) is 9.59 Å². The molecule has 0 unspecified atom stereocenters. The van der Waals surface area contributed by atoms with E-state index in [-0.39, 0.29) is 12.0 Å². The number of methoxy groups -OCH3 is 1. The van der Waals surface area contributed by atoms with Crippen LogP contribution in [0.1, 0.15) is 39.3 Å². The van der Waals surface area contributed by atoms with Gasteiger partial charge in [0.1, 0.15) is 5.60 Å². The van der Waals surface area contributed by atoms with Gasteiger partial charge in [0.05, 0.1) is 12.8 Å². The first-order valence-corrected chi connectivity index (χ1v) is 8.49. The summed E-state index contributed by atoms with van der Waals surface area (Å²) in [4.78, 5) is 30.0. The van der Waals surface area contributed by atoms with E-state index in [0.29, 0.717) is 13.1 Å². The quantitative estimate of drug-likeness (QED) is 0.620. The van der Waals surface area contributed by atoms with Crippen LogP contribution in [0.3, 0.4) is 0 Å². The lowest BCUT2D eigenvalue weighted by molar-refractivity contribution is -0.134. The van der Waals surface area contributed by atoms with Crippen LogP contribution in [0.4, 0.5) is 4.79 Å². The predicted octanol–water partition coefficient (Wildman–Crippen LogP) is 3.29. The molecule has 1 aliphatic heterocycles. The molecular weight excluding hydrogens is 320 g/mol. The summed E-state index contributed by atoms with van der Waals surface area (Å²) in [6, 6.07) is 5.61. The van der Waals surface area contributed by atoms with Gasteiger partial charge >= 0.3 is 12.1 Å². The van der Waals surface area contributed by atoms with E-state index in [2.05, 4.69) is 4.98 Å². The second kappa shape index (κ2) is 8.14. The SMILES string of the molecule is COC(=O)/C=C(\c1ccccn1)C1CCN(C(=O)OC(C)(C)C)CC1. The van der Waals surface area contributed by atoms with Crippen molar-refractivity contribution in [3.8, 4) is 0 Å². The van der Waals surface area contributed by atoms with Crippen molar-refractivity contribution in [1.82, 2.24) is 9.88 Å². The van der Waals surface area contributed by atoms with Crippen molar-refractivity contribution in [2.45, 2.75) is 39.2 Å². The van der Waals surface area contributed by atoms with Gasteiger partial charge in [-0.15, -0.1) is 0 Å². The molecular formula is C19H26N2O4. The Morgan fingerprint density at radius 3 is 2.44 bits per heavy atom. The van der Waals surface area contributed by atoms with E-state index >= 15 is 0 Å². The summed E-state index contributed by atoms with van der Waals surface area (Å²) < 4.78 is 10.2. The number of rotatable bonds is 3. The molecule has 25 heavy (non-hydrogen) atoms. The standard InChI is InChI=1S/C19H26N2O4/c1-19(2,3)25-18(23)21-11-8-14(9-12-21)15(13-17(22)24-4)16-7-5-6-10-20-16/h5-7,10,13-14H,8-9,11-12H2,1-4H3/b15-13-. The van der Waals surface area contributed by atoms with Crippen molar-refractivity contribution >= 4 is 17.6 Å². The first kappa shape index (κ1) is 19.0. The van der Waals surface area contributed by atoms with Crippen LogP contribution in [0, 0.1) is 5.92 Å². The Balaban J connectivity index is 2.09. The molecule has 0 aliphatic carbocycles. The van der Waals surface area contributed by atoms with E-state index in [9.17, 15) is 9.59 Å². The molecule has 2 rings (SSSR count). The number of carbonyl (C=O) groups excluding carboxylic acids is 2. The van der Waals surface area contributed by atoms with E-state index < -0.39 is 11.6 Å². The fourth-order valence-electron chi connectivity index (χ4n) is 2.82. The predicted molar refractivity (Wildman–Crippen MR) is 94.8 cm³/mol. The van der Waals surface area contributed by atoms with Crippen molar-refractivity contribution in [1.29, 1.82) is 0 Å². The fraction of sp³-hybridized carbons (Fsp3) is 0.526. The molecule has 1 saturated heterocycles. The third-order valence-corrected chi connectivity index (χ3v) is 4.02. The normalized spacial score (nSPS) is 16.5. The van der Waals surface area contributed by atoms with Gasteiger partial charge in [0, 0.05) is 25.4 Å². The van der Waals surface area contributed by atoms with Crippen LogP contribution in [0.15, 0.2) is 30.5 Å². The third-order valence-electron chi connectivity index (χ3n) is 4.02. The highest BCUT2D eigenvalue weighted by Gasteiger charge is 2.29. The van der Waals surface area contributed by atoms with Crippen LogP contribution in [0.5, 0.6) is 0 Å². The molecule has 1 aliphatic rings. The zero-order valence-corrected chi connectivity index (χ0v) is 15.3. The summed E-state index contributed by atoms with van der Waals surface area (Å²) in [5, 5.41) is 0. The maximum Gasteiger partial charge on any atom is 0.410 e. The Kier molecular flexibility index (Phi) is 6.17. The van der Waals surface area contributed by atoms with Gasteiger partial charge in [-0.1, -0.05) is 6.07 Å². The van der Waals surface area contributed by atoms with Crippen LogP contribution in [-0.2, 0) is 14.3 Å². The lowest BCUT2D eigenvalue weighted by atomic mass is 9.87. The number of likely N-dealkylation sites (tertiary alicyclic amines) is 1. The second-order valence-corrected chi connectivity index (χ2v) is 7.08. The number of hydrogen-bond acceptors (Lipinski definition) is 5. The molecule has 0 bridgehead atoms. The monoisotopic (exact) mass is 346 g/mol. The maximum absolute atomic E-state index is 12.2. The first-order valence-electron chi connectivity index (χ1n) is 8.49. The molecule has 1 aromatic rings. The average molecular weight is 346 g/mol. The maximum atomic E-state index is 12.2. The van der Waals surface area contributed by atoms with Crippen molar-refractivity contribution in [2.24, 2.45) is 5.92 Å². The highest BCUT2D eigenvalue weighted by molar-refractivity contribution is 5.91. The lowest BCUT2D eigenvalue weighted by Crippen LogP contribution is -2.42. The minimum atomic E-state index is -0.502. The molecule has 1 fully saturated rings. The van der Waals surface area contributed by atoms with Crippen LogP contribution in [0.25, 0.3) is 5.57 Å². The molecule has 0 atom stereocenters. The number of esters is 1. The zero-order valence-electron chi connectivity index (χ0n) is 15.3. The Hall–Kier alpha value is -2.37. The van der Waals surface area contributed by atoms with Crippen molar-refractivity contribution in [3.63, 3.8) is 0 Å². The van der Waals surface area contributed by atoms with Crippen molar-refractivity contribution in [2.75, 3.05) is 20.2 Å². The Morgan fingerprint density at radius 2 is 1.92 bits per heavy atom. The fourth-order valence-corrected chi connectivity index (χ4v) is 2.82. The molecule has 1 aromatic heterocycles. The largest absolute Gasteiger partial charge is 0.466 e. The highest BCUT2D eigenvalue weighted by Crippen LogP contribution is 2.31. The molecule has 0 radical (unpaired) electrons. The topological polar surface area (TPSA) is 68.7 Å².